The summed E-state index contributed by atoms with van der Waals surface area (Å²) in [4.78, 5) is 13.5. The zero-order valence-corrected chi connectivity index (χ0v) is 16.1. The van der Waals surface area contributed by atoms with E-state index in [1.54, 1.807) is 11.8 Å². The van der Waals surface area contributed by atoms with Crippen LogP contribution in [0.5, 0.6) is 0 Å². The predicted octanol–water partition coefficient (Wildman–Crippen LogP) is 5.87. The molecule has 1 amide bonds. The molecule has 0 aliphatic heterocycles. The molecule has 0 spiro atoms. The number of aryl methyl sites for hydroxylation is 1. The van der Waals surface area contributed by atoms with Gasteiger partial charge in [0, 0.05) is 27.8 Å². The molecular weight excluding hydrogens is 362 g/mol. The van der Waals surface area contributed by atoms with Crippen molar-refractivity contribution in [2.75, 3.05) is 0 Å². The Kier molecular flexibility index (Phi) is 6.37. The summed E-state index contributed by atoms with van der Waals surface area (Å²) < 4.78 is 0. The van der Waals surface area contributed by atoms with Crippen molar-refractivity contribution in [3.63, 3.8) is 0 Å². The van der Waals surface area contributed by atoms with Crippen LogP contribution in [-0.4, -0.2) is 5.91 Å². The van der Waals surface area contributed by atoms with Crippen molar-refractivity contribution < 1.29 is 4.79 Å². The number of benzene rings is 3. The lowest BCUT2D eigenvalue weighted by Gasteiger charge is -2.07. The van der Waals surface area contributed by atoms with Gasteiger partial charge in [0.15, 0.2) is 0 Å². The molecule has 2 nitrogen and oxygen atoms in total. The number of amides is 1. The summed E-state index contributed by atoms with van der Waals surface area (Å²) in [5.41, 5.74) is 4.16. The molecule has 0 aromatic heterocycles. The van der Waals surface area contributed by atoms with E-state index >= 15 is 0 Å². The fraction of sp³-hybridized carbons (Fsp3) is 0.136. The molecule has 3 aromatic carbocycles. The zero-order chi connectivity index (χ0) is 18.4. The molecule has 0 unspecified atom stereocenters. The van der Waals surface area contributed by atoms with Gasteiger partial charge in [0.2, 0.25) is 0 Å². The first-order chi connectivity index (χ1) is 12.6. The van der Waals surface area contributed by atoms with Gasteiger partial charge < -0.3 is 5.32 Å². The van der Waals surface area contributed by atoms with Crippen LogP contribution in [0, 0.1) is 6.92 Å². The molecule has 26 heavy (non-hydrogen) atoms. The molecule has 0 aliphatic carbocycles. The van der Waals surface area contributed by atoms with Crippen LogP contribution in [0.2, 0.25) is 5.02 Å². The Hall–Kier alpha value is -2.23. The second-order valence-electron chi connectivity index (χ2n) is 6.11. The van der Waals surface area contributed by atoms with E-state index in [9.17, 15) is 4.79 Å². The lowest BCUT2D eigenvalue weighted by atomic mass is 10.1. The molecule has 4 heteroatoms. The number of carbonyl (C=O) groups is 1. The third-order valence-corrected chi connectivity index (χ3v) is 5.31. The molecule has 132 valence electrons. The van der Waals surface area contributed by atoms with Crippen LogP contribution in [0.3, 0.4) is 0 Å². The standard InChI is InChI=1S/C22H20ClNOS/c1-16-3-2-4-18(13-16)14-24-22(25)19-7-5-17(6-8-19)15-26-21-11-9-20(23)10-12-21/h2-13H,14-15H2,1H3,(H,24,25). The van der Waals surface area contributed by atoms with E-state index in [0.717, 1.165) is 16.3 Å². The second kappa shape index (κ2) is 8.93. The monoisotopic (exact) mass is 381 g/mol. The molecule has 0 atom stereocenters. The van der Waals surface area contributed by atoms with E-state index in [4.69, 9.17) is 11.6 Å². The van der Waals surface area contributed by atoms with Gasteiger partial charge in [0.05, 0.1) is 0 Å². The van der Waals surface area contributed by atoms with Crippen LogP contribution in [-0.2, 0) is 12.3 Å². The highest BCUT2D eigenvalue weighted by molar-refractivity contribution is 7.98. The number of nitrogens with one attached hydrogen (secondary N) is 1. The van der Waals surface area contributed by atoms with Crippen LogP contribution in [0.1, 0.15) is 27.0 Å². The predicted molar refractivity (Wildman–Crippen MR) is 110 cm³/mol. The van der Waals surface area contributed by atoms with E-state index in [2.05, 4.69) is 11.4 Å². The average molecular weight is 382 g/mol. The maximum absolute atomic E-state index is 12.3. The topological polar surface area (TPSA) is 29.1 Å². The smallest absolute Gasteiger partial charge is 0.251 e. The van der Waals surface area contributed by atoms with E-state index in [0.29, 0.717) is 12.1 Å². The lowest BCUT2D eigenvalue weighted by molar-refractivity contribution is 0.0951. The normalized spacial score (nSPS) is 10.5. The summed E-state index contributed by atoms with van der Waals surface area (Å²) in [5.74, 6) is 0.802. The first-order valence-electron chi connectivity index (χ1n) is 8.41. The summed E-state index contributed by atoms with van der Waals surface area (Å²) in [7, 11) is 0. The molecule has 0 bridgehead atoms. The highest BCUT2D eigenvalue weighted by Crippen LogP contribution is 2.24. The van der Waals surface area contributed by atoms with Gasteiger partial charge in [0.25, 0.3) is 5.91 Å². The summed E-state index contributed by atoms with van der Waals surface area (Å²) in [6, 6.07) is 23.7. The van der Waals surface area contributed by atoms with E-state index < -0.39 is 0 Å². The van der Waals surface area contributed by atoms with Crippen LogP contribution in [0.25, 0.3) is 0 Å². The van der Waals surface area contributed by atoms with Gasteiger partial charge in [-0.3, -0.25) is 4.79 Å². The average Bonchev–Trinajstić information content (AvgIpc) is 2.66. The molecule has 0 aliphatic rings. The Labute approximate surface area is 163 Å². The van der Waals surface area contributed by atoms with Crippen molar-refractivity contribution >= 4 is 29.3 Å². The summed E-state index contributed by atoms with van der Waals surface area (Å²) in [6.07, 6.45) is 0. The lowest BCUT2D eigenvalue weighted by Crippen LogP contribution is -2.22. The Balaban J connectivity index is 1.53. The minimum absolute atomic E-state index is 0.0524. The maximum Gasteiger partial charge on any atom is 0.251 e. The number of halogens is 1. The van der Waals surface area contributed by atoms with Crippen LogP contribution >= 0.6 is 23.4 Å². The number of carbonyl (C=O) groups excluding carboxylic acids is 1. The number of thioether (sulfide) groups is 1. The number of rotatable bonds is 6. The Morgan fingerprint density at radius 2 is 1.69 bits per heavy atom. The van der Waals surface area contributed by atoms with Crippen LogP contribution in [0.4, 0.5) is 0 Å². The summed E-state index contributed by atoms with van der Waals surface area (Å²) in [6.45, 7) is 2.58. The Morgan fingerprint density at radius 1 is 0.962 bits per heavy atom. The zero-order valence-electron chi connectivity index (χ0n) is 14.5. The maximum atomic E-state index is 12.3. The molecule has 3 rings (SSSR count). The fourth-order valence-corrected chi connectivity index (χ4v) is 3.54. The van der Waals surface area contributed by atoms with Crippen molar-refractivity contribution in [1.29, 1.82) is 0 Å². The van der Waals surface area contributed by atoms with E-state index in [1.807, 2.05) is 73.7 Å². The van der Waals surface area contributed by atoms with Gasteiger partial charge in [-0.05, 0) is 54.4 Å². The second-order valence-corrected chi connectivity index (χ2v) is 7.60. The molecule has 0 saturated carbocycles. The van der Waals surface area contributed by atoms with E-state index in [1.165, 1.54) is 16.0 Å². The molecule has 0 fully saturated rings. The molecule has 0 heterocycles. The minimum atomic E-state index is -0.0524. The molecule has 3 aromatic rings. The first kappa shape index (κ1) is 18.6. The highest BCUT2D eigenvalue weighted by atomic mass is 35.5. The SMILES string of the molecule is Cc1cccc(CNC(=O)c2ccc(CSc3ccc(Cl)cc3)cc2)c1. The Morgan fingerprint density at radius 3 is 2.38 bits per heavy atom. The number of hydrogen-bond donors (Lipinski definition) is 1. The van der Waals surface area contributed by atoms with Crippen molar-refractivity contribution in [1.82, 2.24) is 5.32 Å². The number of hydrogen-bond acceptors (Lipinski definition) is 2. The summed E-state index contributed by atoms with van der Waals surface area (Å²) >= 11 is 7.65. The van der Waals surface area contributed by atoms with Gasteiger partial charge in [-0.25, -0.2) is 0 Å². The molecule has 0 radical (unpaired) electrons. The van der Waals surface area contributed by atoms with Crippen LogP contribution < -0.4 is 5.32 Å². The third kappa shape index (κ3) is 5.38. The molecular formula is C22H20ClNOS. The quantitative estimate of drug-likeness (QED) is 0.541. The van der Waals surface area contributed by atoms with Crippen molar-refractivity contribution in [3.05, 3.63) is 100 Å². The Bertz CT molecular complexity index is 875. The van der Waals surface area contributed by atoms with Gasteiger partial charge in [0.1, 0.15) is 0 Å². The van der Waals surface area contributed by atoms with E-state index in [-0.39, 0.29) is 5.91 Å². The van der Waals surface area contributed by atoms with Gasteiger partial charge in [-0.2, -0.15) is 0 Å². The largest absolute Gasteiger partial charge is 0.348 e. The summed E-state index contributed by atoms with van der Waals surface area (Å²) in [5, 5.41) is 3.71. The molecule has 0 saturated heterocycles. The highest BCUT2D eigenvalue weighted by Gasteiger charge is 2.06. The minimum Gasteiger partial charge on any atom is -0.348 e. The van der Waals surface area contributed by atoms with Crippen molar-refractivity contribution in [2.45, 2.75) is 24.1 Å². The van der Waals surface area contributed by atoms with Crippen molar-refractivity contribution in [3.8, 4) is 0 Å². The van der Waals surface area contributed by atoms with Gasteiger partial charge >= 0.3 is 0 Å². The third-order valence-electron chi connectivity index (χ3n) is 3.97. The van der Waals surface area contributed by atoms with Gasteiger partial charge in [-0.1, -0.05) is 53.6 Å². The van der Waals surface area contributed by atoms with Crippen LogP contribution in [0.15, 0.2) is 77.7 Å². The fourth-order valence-electron chi connectivity index (χ4n) is 2.56. The molecule has 1 N–H and O–H groups in total. The van der Waals surface area contributed by atoms with Gasteiger partial charge in [-0.15, -0.1) is 11.8 Å². The van der Waals surface area contributed by atoms with Crippen molar-refractivity contribution in [2.24, 2.45) is 0 Å². The first-order valence-corrected chi connectivity index (χ1v) is 9.77.